The van der Waals surface area contributed by atoms with Crippen LogP contribution in [0.3, 0.4) is 0 Å². The SMILES string of the molecule is CC(C)(O)c1cccc(C(=O)NC2CCC(O)CC2)c1. The normalized spacial score (nSPS) is 23.4. The number of nitrogens with one attached hydrogen (secondary N) is 1. The van der Waals surface area contributed by atoms with E-state index in [0.717, 1.165) is 31.2 Å². The number of amides is 1. The molecule has 0 heterocycles. The van der Waals surface area contributed by atoms with Crippen LogP contribution in [-0.2, 0) is 5.60 Å². The maximum Gasteiger partial charge on any atom is 0.251 e. The van der Waals surface area contributed by atoms with Gasteiger partial charge >= 0.3 is 0 Å². The standard InChI is InChI=1S/C16H23NO3/c1-16(2,20)12-5-3-4-11(10-12)15(19)17-13-6-8-14(18)9-7-13/h3-5,10,13-14,18,20H,6-9H2,1-2H3,(H,17,19). The van der Waals surface area contributed by atoms with E-state index in [2.05, 4.69) is 5.32 Å². The molecule has 1 fully saturated rings. The summed E-state index contributed by atoms with van der Waals surface area (Å²) in [6, 6.07) is 7.22. The lowest BCUT2D eigenvalue weighted by Gasteiger charge is -2.26. The minimum atomic E-state index is -0.953. The van der Waals surface area contributed by atoms with Gasteiger partial charge < -0.3 is 15.5 Å². The topological polar surface area (TPSA) is 69.6 Å². The molecule has 1 aliphatic rings. The molecular formula is C16H23NO3. The van der Waals surface area contributed by atoms with E-state index in [4.69, 9.17) is 0 Å². The van der Waals surface area contributed by atoms with Gasteiger partial charge in [0.15, 0.2) is 0 Å². The van der Waals surface area contributed by atoms with Gasteiger partial charge in [0.05, 0.1) is 11.7 Å². The molecule has 0 bridgehead atoms. The lowest BCUT2D eigenvalue weighted by molar-refractivity contribution is 0.0782. The lowest BCUT2D eigenvalue weighted by Crippen LogP contribution is -2.38. The van der Waals surface area contributed by atoms with Crippen LogP contribution >= 0.6 is 0 Å². The molecule has 0 aliphatic heterocycles. The molecule has 1 aliphatic carbocycles. The van der Waals surface area contributed by atoms with E-state index in [-0.39, 0.29) is 18.1 Å². The number of rotatable bonds is 3. The summed E-state index contributed by atoms with van der Waals surface area (Å²) in [4.78, 5) is 12.2. The Labute approximate surface area is 119 Å². The van der Waals surface area contributed by atoms with Crippen LogP contribution < -0.4 is 5.32 Å². The largest absolute Gasteiger partial charge is 0.393 e. The third kappa shape index (κ3) is 3.81. The van der Waals surface area contributed by atoms with Crippen molar-refractivity contribution in [1.82, 2.24) is 5.32 Å². The van der Waals surface area contributed by atoms with Gasteiger partial charge in [0, 0.05) is 11.6 Å². The quantitative estimate of drug-likeness (QED) is 0.791. The second kappa shape index (κ2) is 5.94. The van der Waals surface area contributed by atoms with Crippen molar-refractivity contribution in [3.05, 3.63) is 35.4 Å². The molecule has 4 heteroatoms. The van der Waals surface area contributed by atoms with Crippen LogP contribution in [0.5, 0.6) is 0 Å². The summed E-state index contributed by atoms with van der Waals surface area (Å²) in [6.45, 7) is 3.40. The fraction of sp³-hybridized carbons (Fsp3) is 0.562. The first-order valence-corrected chi connectivity index (χ1v) is 7.18. The first-order valence-electron chi connectivity index (χ1n) is 7.18. The van der Waals surface area contributed by atoms with E-state index in [9.17, 15) is 15.0 Å². The number of benzene rings is 1. The summed E-state index contributed by atoms with van der Waals surface area (Å²) in [6.07, 6.45) is 2.90. The number of hydrogen-bond acceptors (Lipinski definition) is 3. The highest BCUT2D eigenvalue weighted by atomic mass is 16.3. The van der Waals surface area contributed by atoms with Crippen molar-refractivity contribution in [2.75, 3.05) is 0 Å². The van der Waals surface area contributed by atoms with Crippen molar-refractivity contribution >= 4 is 5.91 Å². The summed E-state index contributed by atoms with van der Waals surface area (Å²) in [7, 11) is 0. The van der Waals surface area contributed by atoms with Gasteiger partial charge in [-0.2, -0.15) is 0 Å². The average Bonchev–Trinajstić information content (AvgIpc) is 2.40. The molecule has 2 rings (SSSR count). The van der Waals surface area contributed by atoms with E-state index in [0.29, 0.717) is 5.56 Å². The van der Waals surface area contributed by atoms with Crippen molar-refractivity contribution in [2.45, 2.75) is 57.3 Å². The van der Waals surface area contributed by atoms with Crippen molar-refractivity contribution in [1.29, 1.82) is 0 Å². The Morgan fingerprint density at radius 2 is 1.90 bits per heavy atom. The third-order valence-corrected chi connectivity index (χ3v) is 3.86. The maximum atomic E-state index is 12.2. The van der Waals surface area contributed by atoms with Crippen LogP contribution in [-0.4, -0.2) is 28.3 Å². The Balaban J connectivity index is 2.02. The lowest BCUT2D eigenvalue weighted by atomic mass is 9.92. The molecule has 0 radical (unpaired) electrons. The summed E-state index contributed by atoms with van der Waals surface area (Å²) >= 11 is 0. The Morgan fingerprint density at radius 3 is 2.50 bits per heavy atom. The van der Waals surface area contributed by atoms with Gasteiger partial charge in [0.25, 0.3) is 5.91 Å². The molecule has 0 saturated heterocycles. The molecule has 1 amide bonds. The fourth-order valence-electron chi connectivity index (χ4n) is 2.53. The molecular weight excluding hydrogens is 254 g/mol. The van der Waals surface area contributed by atoms with E-state index in [1.54, 1.807) is 32.0 Å². The minimum Gasteiger partial charge on any atom is -0.393 e. The monoisotopic (exact) mass is 277 g/mol. The summed E-state index contributed by atoms with van der Waals surface area (Å²) < 4.78 is 0. The first-order chi connectivity index (χ1) is 9.36. The predicted molar refractivity (Wildman–Crippen MR) is 77.4 cm³/mol. The van der Waals surface area contributed by atoms with Crippen molar-refractivity contribution in [3.8, 4) is 0 Å². The number of hydrogen-bond donors (Lipinski definition) is 3. The van der Waals surface area contributed by atoms with E-state index >= 15 is 0 Å². The number of carbonyl (C=O) groups excluding carboxylic acids is 1. The Hall–Kier alpha value is -1.39. The molecule has 20 heavy (non-hydrogen) atoms. The molecule has 110 valence electrons. The van der Waals surface area contributed by atoms with E-state index in [1.807, 2.05) is 6.07 Å². The Kier molecular flexibility index (Phi) is 4.45. The average molecular weight is 277 g/mol. The molecule has 1 aromatic rings. The zero-order chi connectivity index (χ0) is 14.8. The van der Waals surface area contributed by atoms with Gasteiger partial charge in [0.1, 0.15) is 0 Å². The predicted octanol–water partition coefficient (Wildman–Crippen LogP) is 1.95. The molecule has 4 nitrogen and oxygen atoms in total. The second-order valence-electron chi connectivity index (χ2n) is 6.12. The van der Waals surface area contributed by atoms with E-state index in [1.165, 1.54) is 0 Å². The number of carbonyl (C=O) groups is 1. The minimum absolute atomic E-state index is 0.113. The van der Waals surface area contributed by atoms with Crippen LogP contribution in [0.4, 0.5) is 0 Å². The smallest absolute Gasteiger partial charge is 0.251 e. The van der Waals surface area contributed by atoms with Gasteiger partial charge in [-0.05, 0) is 57.2 Å². The van der Waals surface area contributed by atoms with Crippen molar-refractivity contribution in [3.63, 3.8) is 0 Å². The van der Waals surface area contributed by atoms with Crippen molar-refractivity contribution < 1.29 is 15.0 Å². The van der Waals surface area contributed by atoms with Gasteiger partial charge in [-0.15, -0.1) is 0 Å². The highest BCUT2D eigenvalue weighted by molar-refractivity contribution is 5.94. The zero-order valence-corrected chi connectivity index (χ0v) is 12.1. The van der Waals surface area contributed by atoms with Crippen LogP contribution in [0.2, 0.25) is 0 Å². The molecule has 3 N–H and O–H groups in total. The summed E-state index contributed by atoms with van der Waals surface area (Å²) in [5.74, 6) is -0.113. The van der Waals surface area contributed by atoms with Gasteiger partial charge in [-0.1, -0.05) is 12.1 Å². The fourth-order valence-corrected chi connectivity index (χ4v) is 2.53. The van der Waals surface area contributed by atoms with Crippen LogP contribution in [0.1, 0.15) is 55.5 Å². The highest BCUT2D eigenvalue weighted by Crippen LogP contribution is 2.21. The maximum absolute atomic E-state index is 12.2. The van der Waals surface area contributed by atoms with E-state index < -0.39 is 5.60 Å². The van der Waals surface area contributed by atoms with Crippen LogP contribution in [0.15, 0.2) is 24.3 Å². The Bertz CT molecular complexity index is 471. The summed E-state index contributed by atoms with van der Waals surface area (Å²) in [5.41, 5.74) is 0.338. The van der Waals surface area contributed by atoms with Gasteiger partial charge in [-0.25, -0.2) is 0 Å². The highest BCUT2D eigenvalue weighted by Gasteiger charge is 2.22. The van der Waals surface area contributed by atoms with Crippen LogP contribution in [0, 0.1) is 0 Å². The van der Waals surface area contributed by atoms with Gasteiger partial charge in [-0.3, -0.25) is 4.79 Å². The van der Waals surface area contributed by atoms with Gasteiger partial charge in [0.2, 0.25) is 0 Å². The Morgan fingerprint density at radius 1 is 1.25 bits per heavy atom. The molecule has 0 spiro atoms. The number of aliphatic hydroxyl groups excluding tert-OH is 1. The molecule has 1 aromatic carbocycles. The molecule has 0 unspecified atom stereocenters. The third-order valence-electron chi connectivity index (χ3n) is 3.86. The second-order valence-corrected chi connectivity index (χ2v) is 6.12. The number of aliphatic hydroxyl groups is 2. The molecule has 1 saturated carbocycles. The van der Waals surface area contributed by atoms with Crippen LogP contribution in [0.25, 0.3) is 0 Å². The van der Waals surface area contributed by atoms with Crippen molar-refractivity contribution in [2.24, 2.45) is 0 Å². The zero-order valence-electron chi connectivity index (χ0n) is 12.1. The first kappa shape index (κ1) is 15.0. The molecule has 0 aromatic heterocycles. The summed E-state index contributed by atoms with van der Waals surface area (Å²) in [5, 5.41) is 22.5. The molecule has 0 atom stereocenters.